The fourth-order valence-corrected chi connectivity index (χ4v) is 2.03. The molecule has 1 fully saturated rings. The Morgan fingerprint density at radius 3 is 2.71 bits per heavy atom. The van der Waals surface area contributed by atoms with E-state index in [0.717, 1.165) is 22.1 Å². The van der Waals surface area contributed by atoms with E-state index in [1.807, 2.05) is 0 Å². The van der Waals surface area contributed by atoms with E-state index in [1.54, 1.807) is 4.90 Å². The molecule has 7 nitrogen and oxygen atoms in total. The second-order valence-corrected chi connectivity index (χ2v) is 4.34. The van der Waals surface area contributed by atoms with Gasteiger partial charge in [-0.25, -0.2) is 9.48 Å². The minimum Gasteiger partial charge on any atom is -0.391 e. The number of hydrogen-bond acceptors (Lipinski definition) is 5. The Bertz CT molecular complexity index is 533. The number of piperidine rings is 1. The molecular formula is C10H16N4O3. The van der Waals surface area contributed by atoms with Crippen molar-refractivity contribution in [3.05, 3.63) is 20.8 Å². The predicted molar refractivity (Wildman–Crippen MR) is 62.2 cm³/mol. The molecule has 1 aromatic heterocycles. The number of rotatable bonds is 1. The normalized spacial score (nSPS) is 20.6. The van der Waals surface area contributed by atoms with E-state index in [9.17, 15) is 14.7 Å². The van der Waals surface area contributed by atoms with Crippen LogP contribution in [0.3, 0.4) is 0 Å². The van der Waals surface area contributed by atoms with E-state index in [1.165, 1.54) is 14.1 Å². The van der Waals surface area contributed by atoms with Gasteiger partial charge < -0.3 is 10.0 Å². The van der Waals surface area contributed by atoms with Crippen LogP contribution in [0.15, 0.2) is 9.59 Å². The van der Waals surface area contributed by atoms with Gasteiger partial charge in [0.05, 0.1) is 6.10 Å². The number of aromatic nitrogens is 3. The molecular weight excluding hydrogens is 224 g/mol. The Hall–Kier alpha value is -1.63. The van der Waals surface area contributed by atoms with Gasteiger partial charge in [0.15, 0.2) is 0 Å². The number of aryl methyl sites for hydroxylation is 1. The van der Waals surface area contributed by atoms with Crippen molar-refractivity contribution in [1.29, 1.82) is 0 Å². The maximum atomic E-state index is 11.9. The van der Waals surface area contributed by atoms with E-state index in [0.29, 0.717) is 13.1 Å². The molecule has 94 valence electrons. The van der Waals surface area contributed by atoms with E-state index in [4.69, 9.17) is 0 Å². The Balaban J connectivity index is 2.45. The first kappa shape index (κ1) is 11.8. The molecule has 1 saturated heterocycles. The Labute approximate surface area is 97.9 Å². The molecule has 1 N–H and O–H groups in total. The Morgan fingerprint density at radius 1 is 1.35 bits per heavy atom. The molecule has 17 heavy (non-hydrogen) atoms. The van der Waals surface area contributed by atoms with Crippen LogP contribution in [-0.2, 0) is 14.1 Å². The number of nitrogens with zero attached hydrogens (tertiary/aromatic N) is 4. The van der Waals surface area contributed by atoms with Gasteiger partial charge in [-0.2, -0.15) is 0 Å². The van der Waals surface area contributed by atoms with Crippen molar-refractivity contribution in [3.8, 4) is 0 Å². The van der Waals surface area contributed by atoms with E-state index >= 15 is 0 Å². The summed E-state index contributed by atoms with van der Waals surface area (Å²) < 4.78 is 2.17. The van der Waals surface area contributed by atoms with Gasteiger partial charge in [0.2, 0.25) is 5.82 Å². The summed E-state index contributed by atoms with van der Waals surface area (Å²) in [6.07, 6.45) is 1.12. The lowest BCUT2D eigenvalue weighted by Gasteiger charge is -2.30. The maximum Gasteiger partial charge on any atom is 0.346 e. The van der Waals surface area contributed by atoms with Gasteiger partial charge in [-0.15, -0.1) is 5.10 Å². The molecule has 0 radical (unpaired) electrons. The van der Waals surface area contributed by atoms with Crippen molar-refractivity contribution in [2.24, 2.45) is 14.1 Å². The number of aliphatic hydroxyl groups is 1. The summed E-state index contributed by atoms with van der Waals surface area (Å²) in [7, 11) is 2.93. The number of aliphatic hydroxyl groups excluding tert-OH is 1. The standard InChI is InChI=1S/C10H16N4O3/c1-12-9(16)8(11-13(2)10(12)17)14-5-3-4-7(15)6-14/h7,15H,3-6H2,1-2H3. The zero-order valence-corrected chi connectivity index (χ0v) is 9.96. The lowest BCUT2D eigenvalue weighted by Crippen LogP contribution is -2.47. The molecule has 1 aromatic rings. The molecule has 1 unspecified atom stereocenters. The monoisotopic (exact) mass is 240 g/mol. The number of hydrogen-bond donors (Lipinski definition) is 1. The van der Waals surface area contributed by atoms with Crippen LogP contribution in [0.2, 0.25) is 0 Å². The van der Waals surface area contributed by atoms with Crippen LogP contribution in [0.5, 0.6) is 0 Å². The maximum absolute atomic E-state index is 11.9. The second kappa shape index (κ2) is 4.33. The van der Waals surface area contributed by atoms with Gasteiger partial charge in [-0.05, 0) is 12.8 Å². The molecule has 2 rings (SSSR count). The SMILES string of the molecule is Cn1nc(N2CCCC(O)C2)c(=O)n(C)c1=O. The van der Waals surface area contributed by atoms with Crippen molar-refractivity contribution >= 4 is 5.82 Å². The van der Waals surface area contributed by atoms with Crippen molar-refractivity contribution in [2.75, 3.05) is 18.0 Å². The smallest absolute Gasteiger partial charge is 0.346 e. The van der Waals surface area contributed by atoms with Crippen LogP contribution in [0, 0.1) is 0 Å². The molecule has 0 amide bonds. The molecule has 1 atom stereocenters. The van der Waals surface area contributed by atoms with E-state index in [2.05, 4.69) is 5.10 Å². The summed E-state index contributed by atoms with van der Waals surface area (Å²) >= 11 is 0. The lowest BCUT2D eigenvalue weighted by molar-refractivity contribution is 0.153. The summed E-state index contributed by atoms with van der Waals surface area (Å²) in [5, 5.41) is 13.6. The van der Waals surface area contributed by atoms with Gasteiger partial charge in [0.25, 0.3) is 5.56 Å². The van der Waals surface area contributed by atoms with Crippen LogP contribution < -0.4 is 16.1 Å². The third-order valence-corrected chi connectivity index (χ3v) is 3.00. The van der Waals surface area contributed by atoms with E-state index < -0.39 is 17.4 Å². The van der Waals surface area contributed by atoms with Gasteiger partial charge >= 0.3 is 5.69 Å². The van der Waals surface area contributed by atoms with Gasteiger partial charge in [-0.1, -0.05) is 0 Å². The first-order chi connectivity index (χ1) is 8.00. The Kier molecular flexibility index (Phi) is 3.01. The van der Waals surface area contributed by atoms with Crippen LogP contribution in [0.25, 0.3) is 0 Å². The first-order valence-corrected chi connectivity index (χ1v) is 5.58. The molecule has 2 heterocycles. The largest absolute Gasteiger partial charge is 0.391 e. The predicted octanol–water partition coefficient (Wildman–Crippen LogP) is -1.56. The van der Waals surface area contributed by atoms with Gasteiger partial charge in [0, 0.05) is 27.2 Å². The fourth-order valence-electron chi connectivity index (χ4n) is 2.03. The Morgan fingerprint density at radius 2 is 2.06 bits per heavy atom. The summed E-state index contributed by atoms with van der Waals surface area (Å²) in [5.74, 6) is 0.230. The van der Waals surface area contributed by atoms with Crippen LogP contribution in [0.1, 0.15) is 12.8 Å². The summed E-state index contributed by atoms with van der Waals surface area (Å²) in [6, 6.07) is 0. The van der Waals surface area contributed by atoms with Gasteiger partial charge in [0.1, 0.15) is 0 Å². The molecule has 0 spiro atoms. The highest BCUT2D eigenvalue weighted by Crippen LogP contribution is 2.13. The lowest BCUT2D eigenvalue weighted by atomic mass is 10.1. The summed E-state index contributed by atoms with van der Waals surface area (Å²) in [4.78, 5) is 25.1. The number of anilines is 1. The van der Waals surface area contributed by atoms with E-state index in [-0.39, 0.29) is 5.82 Å². The third kappa shape index (κ3) is 2.10. The van der Waals surface area contributed by atoms with Crippen LogP contribution >= 0.6 is 0 Å². The summed E-state index contributed by atoms with van der Waals surface area (Å²) in [6.45, 7) is 1.07. The van der Waals surface area contributed by atoms with Crippen LogP contribution in [-0.4, -0.2) is 38.6 Å². The highest BCUT2D eigenvalue weighted by atomic mass is 16.3. The number of β-amino-alcohol motifs (C(OH)–C–C–N with tert-alkyl or cyclic N) is 1. The second-order valence-electron chi connectivity index (χ2n) is 4.34. The highest BCUT2D eigenvalue weighted by Gasteiger charge is 2.22. The molecule has 7 heteroatoms. The van der Waals surface area contributed by atoms with Crippen molar-refractivity contribution in [1.82, 2.24) is 14.3 Å². The highest BCUT2D eigenvalue weighted by molar-refractivity contribution is 5.35. The van der Waals surface area contributed by atoms with Crippen molar-refractivity contribution in [3.63, 3.8) is 0 Å². The third-order valence-electron chi connectivity index (χ3n) is 3.00. The minimum atomic E-state index is -0.448. The average molecular weight is 240 g/mol. The molecule has 0 saturated carbocycles. The summed E-state index contributed by atoms with van der Waals surface area (Å²) in [5.41, 5.74) is -0.862. The molecule has 0 bridgehead atoms. The minimum absolute atomic E-state index is 0.230. The van der Waals surface area contributed by atoms with Gasteiger partial charge in [-0.3, -0.25) is 9.36 Å². The fraction of sp³-hybridized carbons (Fsp3) is 0.700. The first-order valence-electron chi connectivity index (χ1n) is 5.58. The topological polar surface area (TPSA) is 80.4 Å². The molecule has 0 aliphatic carbocycles. The zero-order valence-electron chi connectivity index (χ0n) is 9.96. The van der Waals surface area contributed by atoms with Crippen molar-refractivity contribution < 1.29 is 5.11 Å². The van der Waals surface area contributed by atoms with Crippen LogP contribution in [0.4, 0.5) is 5.82 Å². The molecule has 1 aliphatic heterocycles. The zero-order chi connectivity index (χ0) is 12.6. The average Bonchev–Trinajstić information content (AvgIpc) is 2.31. The quantitative estimate of drug-likeness (QED) is 0.642. The molecule has 0 aromatic carbocycles. The molecule has 1 aliphatic rings. The van der Waals surface area contributed by atoms with Crippen molar-refractivity contribution in [2.45, 2.75) is 18.9 Å².